The third-order valence-corrected chi connectivity index (χ3v) is 6.49. The maximum Gasteiger partial charge on any atom is 0.126 e. The number of rotatable bonds is 26. The fourth-order valence-corrected chi connectivity index (χ4v) is 3.99. The first-order valence-electron chi connectivity index (χ1n) is 11.8. The molecule has 0 amide bonds. The minimum atomic E-state index is -4.27. The van der Waals surface area contributed by atoms with Crippen LogP contribution in [0.4, 0.5) is 0 Å². The molecule has 0 aliphatic heterocycles. The van der Waals surface area contributed by atoms with Crippen molar-refractivity contribution in [3.05, 3.63) is 18.2 Å². The van der Waals surface area contributed by atoms with Crippen LogP contribution in [0.25, 0.3) is 0 Å². The second-order valence-electron chi connectivity index (χ2n) is 7.56. The molecule has 15 nitrogen and oxygen atoms in total. The average molecular weight is 622 g/mol. The van der Waals surface area contributed by atoms with Gasteiger partial charge in [-0.2, -0.15) is 4.33 Å². The Bertz CT molecular complexity index is 909. The van der Waals surface area contributed by atoms with E-state index in [1.807, 2.05) is 0 Å². The topological polar surface area (TPSA) is 211 Å². The second kappa shape index (κ2) is 21.3. The quantitative estimate of drug-likeness (QED) is 0.0438. The van der Waals surface area contributed by atoms with Crippen molar-refractivity contribution < 1.29 is 69.0 Å². The average Bonchev–Trinajstić information content (AvgIpc) is 2.85. The first kappa shape index (κ1) is 35.6. The van der Waals surface area contributed by atoms with E-state index in [4.69, 9.17) is 28.4 Å². The molecule has 1 aromatic rings. The maximum atomic E-state index is 10.6. The zero-order chi connectivity index (χ0) is 28.8. The van der Waals surface area contributed by atoms with Crippen LogP contribution in [0.3, 0.4) is 0 Å². The smallest absolute Gasteiger partial charge is 0.126 e. The molecular weight excluding hydrogens is 588 g/mol. The van der Waals surface area contributed by atoms with E-state index in [0.29, 0.717) is 42.6 Å². The molecule has 0 unspecified atom stereocenters. The van der Waals surface area contributed by atoms with E-state index in [0.717, 1.165) is 12.0 Å². The van der Waals surface area contributed by atoms with Gasteiger partial charge in [-0.25, -0.2) is 16.8 Å². The van der Waals surface area contributed by atoms with E-state index >= 15 is 0 Å². The molecule has 0 N–H and O–H groups in total. The predicted molar refractivity (Wildman–Crippen MR) is 133 cm³/mol. The van der Waals surface area contributed by atoms with Gasteiger partial charge in [-0.05, 0) is 19.3 Å². The fourth-order valence-electron chi connectivity index (χ4n) is 2.71. The van der Waals surface area contributed by atoms with Crippen LogP contribution in [0.5, 0.6) is 17.2 Å². The minimum Gasteiger partial charge on any atom is -0.748 e. The van der Waals surface area contributed by atoms with Crippen LogP contribution in [-0.2, 0) is 43.8 Å². The van der Waals surface area contributed by atoms with Crippen molar-refractivity contribution in [3.63, 3.8) is 0 Å². The summed E-state index contributed by atoms with van der Waals surface area (Å²) in [5, 5.41) is 12.9. The van der Waals surface area contributed by atoms with Crippen LogP contribution in [-0.4, -0.2) is 103 Å². The minimum absolute atomic E-state index is 0.0885. The highest BCUT2D eigenvalue weighted by Crippen LogP contribution is 2.28. The van der Waals surface area contributed by atoms with Crippen LogP contribution in [0.1, 0.15) is 19.3 Å². The summed E-state index contributed by atoms with van der Waals surface area (Å²) in [6.45, 7) is 1.75. The Morgan fingerprint density at radius 2 is 0.974 bits per heavy atom. The summed E-state index contributed by atoms with van der Waals surface area (Å²) >= 11 is 0.877. The standard InChI is InChI=1S/C21H36O15S3/c22-35-36-37-13-1-4-29-7-10-32-19-16-20(33-11-8-30-5-2-14-38(23,24)25)18-21(17-19)34-12-9-31-6-3-15-39(26,27)28/h16-18,22H,1-15H2,(H,23,24,25)(H,26,27,28)/p-3. The van der Waals surface area contributed by atoms with Gasteiger partial charge in [0.15, 0.2) is 0 Å². The van der Waals surface area contributed by atoms with Gasteiger partial charge >= 0.3 is 0 Å². The zero-order valence-corrected chi connectivity index (χ0v) is 23.6. The van der Waals surface area contributed by atoms with Gasteiger partial charge in [0.1, 0.15) is 37.1 Å². The molecule has 0 bridgehead atoms. The number of benzene rings is 1. The molecule has 0 radical (unpaired) electrons. The van der Waals surface area contributed by atoms with Crippen LogP contribution in [0.15, 0.2) is 18.2 Å². The highest BCUT2D eigenvalue weighted by Gasteiger charge is 2.06. The SMILES string of the molecule is O=S(=O)([O-])CCCOCCOc1cc(OCCOCCCSOO[O-])cc(OCCOCCCS(=O)(=O)[O-])c1. The number of hydrogen-bond donors (Lipinski definition) is 0. The highest BCUT2D eigenvalue weighted by molar-refractivity contribution is 7.94. The Morgan fingerprint density at radius 1 is 0.590 bits per heavy atom. The fraction of sp³-hybridized carbons (Fsp3) is 0.714. The Kier molecular flexibility index (Phi) is 19.4. The molecule has 0 aliphatic carbocycles. The largest absolute Gasteiger partial charge is 0.748 e. The van der Waals surface area contributed by atoms with Crippen LogP contribution in [0.2, 0.25) is 0 Å². The van der Waals surface area contributed by atoms with Gasteiger partial charge in [0.05, 0.1) is 40.1 Å². The van der Waals surface area contributed by atoms with E-state index in [-0.39, 0.29) is 59.1 Å². The summed E-state index contributed by atoms with van der Waals surface area (Å²) in [6, 6.07) is 4.88. The van der Waals surface area contributed by atoms with Gasteiger partial charge in [-0.15, -0.1) is 0 Å². The molecule has 0 spiro atoms. The lowest BCUT2D eigenvalue weighted by atomic mass is 10.3. The van der Waals surface area contributed by atoms with E-state index < -0.39 is 31.7 Å². The summed E-state index contributed by atoms with van der Waals surface area (Å²) in [5.41, 5.74) is 0. The molecule has 228 valence electrons. The summed E-state index contributed by atoms with van der Waals surface area (Å²) in [7, 11) is -8.55. The lowest BCUT2D eigenvalue weighted by Gasteiger charge is -2.14. The van der Waals surface area contributed by atoms with Gasteiger partial charge in [-0.1, -0.05) is 0 Å². The van der Waals surface area contributed by atoms with E-state index in [1.54, 1.807) is 18.2 Å². The maximum absolute atomic E-state index is 10.6. The first-order valence-corrected chi connectivity index (χ1v) is 15.9. The van der Waals surface area contributed by atoms with Gasteiger partial charge in [0.25, 0.3) is 0 Å². The van der Waals surface area contributed by atoms with Crippen molar-refractivity contribution in [2.24, 2.45) is 0 Å². The van der Waals surface area contributed by atoms with Crippen LogP contribution in [0, 0.1) is 0 Å². The summed E-state index contributed by atoms with van der Waals surface area (Å²) < 4.78 is 101. The number of hydrogen-bond acceptors (Lipinski definition) is 16. The van der Waals surface area contributed by atoms with E-state index in [9.17, 15) is 31.2 Å². The molecule has 0 saturated heterocycles. The van der Waals surface area contributed by atoms with Crippen molar-refractivity contribution in [3.8, 4) is 17.2 Å². The summed E-state index contributed by atoms with van der Waals surface area (Å²) in [6.07, 6.45) is 0.815. The van der Waals surface area contributed by atoms with E-state index in [2.05, 4.69) is 9.37 Å². The van der Waals surface area contributed by atoms with Crippen molar-refractivity contribution in [1.82, 2.24) is 0 Å². The van der Waals surface area contributed by atoms with Crippen molar-refractivity contribution in [2.45, 2.75) is 19.3 Å². The molecule has 1 aromatic carbocycles. The van der Waals surface area contributed by atoms with Crippen LogP contribution >= 0.6 is 12.0 Å². The molecule has 18 heteroatoms. The Hall–Kier alpha value is -1.45. The molecule has 0 atom stereocenters. The van der Waals surface area contributed by atoms with Crippen molar-refractivity contribution in [2.75, 3.05) is 76.7 Å². The summed E-state index contributed by atoms with van der Waals surface area (Å²) in [5.74, 6) is 0.783. The van der Waals surface area contributed by atoms with Gasteiger partial charge in [0, 0.05) is 67.3 Å². The Morgan fingerprint density at radius 3 is 1.33 bits per heavy atom. The molecule has 1 rings (SSSR count). The lowest BCUT2D eigenvalue weighted by Crippen LogP contribution is -2.12. The normalized spacial score (nSPS) is 12.0. The lowest BCUT2D eigenvalue weighted by molar-refractivity contribution is -0.777. The third kappa shape index (κ3) is 23.0. The van der Waals surface area contributed by atoms with Gasteiger partial charge < -0.3 is 42.8 Å². The van der Waals surface area contributed by atoms with E-state index in [1.165, 1.54) is 0 Å². The second-order valence-corrected chi connectivity index (χ2v) is 11.4. The molecule has 0 heterocycles. The predicted octanol–water partition coefficient (Wildman–Crippen LogP) is 0.00520. The summed E-state index contributed by atoms with van der Waals surface area (Å²) in [4.78, 5) is 0. The molecule has 0 fully saturated rings. The molecule has 0 aliphatic rings. The van der Waals surface area contributed by atoms with Gasteiger partial charge in [0.2, 0.25) is 0 Å². The first-order chi connectivity index (χ1) is 18.6. The Labute approximate surface area is 232 Å². The number of ether oxygens (including phenoxy) is 6. The van der Waals surface area contributed by atoms with Crippen molar-refractivity contribution in [1.29, 1.82) is 0 Å². The third-order valence-electron chi connectivity index (χ3n) is 4.30. The molecule has 0 saturated carbocycles. The van der Waals surface area contributed by atoms with Crippen molar-refractivity contribution >= 4 is 32.3 Å². The Balaban J connectivity index is 2.46. The molecule has 39 heavy (non-hydrogen) atoms. The van der Waals surface area contributed by atoms with Crippen LogP contribution < -0.4 is 19.5 Å². The monoisotopic (exact) mass is 621 g/mol. The van der Waals surface area contributed by atoms with Gasteiger partial charge in [-0.3, -0.25) is 5.04 Å². The molecular formula is C21H33O15S3-3. The highest BCUT2D eigenvalue weighted by atomic mass is 32.2. The molecule has 0 aromatic heterocycles. The zero-order valence-electron chi connectivity index (χ0n) is 21.2.